The molecular weight excluding hydrogens is 631 g/mol. The van der Waals surface area contributed by atoms with Crippen molar-refractivity contribution < 1.29 is 32.7 Å². The summed E-state index contributed by atoms with van der Waals surface area (Å²) in [5.41, 5.74) is 4.27. The van der Waals surface area contributed by atoms with Crippen molar-refractivity contribution in [3.8, 4) is 0 Å². The monoisotopic (exact) mass is 662 g/mol. The standard InChI is InChI=1S/C30H32Cl2N4O7S/c1-44(41,42)34-25-8-4-5-9-26(25)36-28(23-13-11-19(31)14-24(23)32)27(21-6-2-3-7-22(21)30(36)39)29(38)33-43-17-20-12-10-18(16-37)15-35(20)40/h2-3,6-7,10-15,25-28,34,37H,4-5,8-9,16-17H2,1H3,(H,33,38). The number of hydrogen-bond acceptors (Lipinski definition) is 7. The largest absolute Gasteiger partial charge is 0.618 e. The van der Waals surface area contributed by atoms with Crippen LogP contribution in [0.2, 0.25) is 10.0 Å². The second kappa shape index (κ2) is 13.4. The van der Waals surface area contributed by atoms with Crippen molar-refractivity contribution in [3.63, 3.8) is 0 Å². The molecule has 2 amide bonds. The highest BCUT2D eigenvalue weighted by Crippen LogP contribution is 2.47. The summed E-state index contributed by atoms with van der Waals surface area (Å²) < 4.78 is 28.0. The van der Waals surface area contributed by atoms with Crippen LogP contribution in [0.25, 0.3) is 0 Å². The molecule has 2 heterocycles. The number of sulfonamides is 1. The summed E-state index contributed by atoms with van der Waals surface area (Å²) in [4.78, 5) is 35.5. The van der Waals surface area contributed by atoms with Crippen molar-refractivity contribution >= 4 is 45.0 Å². The van der Waals surface area contributed by atoms with Gasteiger partial charge < -0.3 is 15.2 Å². The summed E-state index contributed by atoms with van der Waals surface area (Å²) in [6, 6.07) is 12.5. The highest BCUT2D eigenvalue weighted by atomic mass is 35.5. The van der Waals surface area contributed by atoms with Gasteiger partial charge in [-0.05, 0) is 48.2 Å². The van der Waals surface area contributed by atoms with E-state index in [1.54, 1.807) is 47.4 Å². The Morgan fingerprint density at radius 1 is 1.11 bits per heavy atom. The van der Waals surface area contributed by atoms with Crippen LogP contribution in [0.5, 0.6) is 0 Å². The maximum atomic E-state index is 14.3. The minimum Gasteiger partial charge on any atom is -0.618 e. The van der Waals surface area contributed by atoms with Gasteiger partial charge in [0.25, 0.3) is 11.8 Å². The lowest BCUT2D eigenvalue weighted by Crippen LogP contribution is -2.59. The Bertz CT molecular complexity index is 1670. The van der Waals surface area contributed by atoms with E-state index in [1.165, 1.54) is 18.3 Å². The number of halogens is 2. The zero-order valence-electron chi connectivity index (χ0n) is 23.8. The van der Waals surface area contributed by atoms with Gasteiger partial charge in [0.1, 0.15) is 0 Å². The molecule has 3 aromatic rings. The molecule has 5 rings (SSSR count). The predicted octanol–water partition coefficient (Wildman–Crippen LogP) is 3.51. The summed E-state index contributed by atoms with van der Waals surface area (Å²) in [6.07, 6.45) is 4.82. The van der Waals surface area contributed by atoms with Crippen molar-refractivity contribution in [2.75, 3.05) is 6.26 Å². The molecule has 1 aromatic heterocycles. The van der Waals surface area contributed by atoms with E-state index in [1.807, 2.05) is 0 Å². The fourth-order valence-electron chi connectivity index (χ4n) is 6.13. The zero-order valence-corrected chi connectivity index (χ0v) is 26.1. The lowest BCUT2D eigenvalue weighted by atomic mass is 9.76. The van der Waals surface area contributed by atoms with Crippen molar-refractivity contribution in [2.24, 2.45) is 0 Å². The Morgan fingerprint density at radius 3 is 2.57 bits per heavy atom. The smallest absolute Gasteiger partial charge is 0.255 e. The van der Waals surface area contributed by atoms with Gasteiger partial charge in [0.2, 0.25) is 15.7 Å². The van der Waals surface area contributed by atoms with Gasteiger partial charge in [-0.1, -0.05) is 60.3 Å². The minimum absolute atomic E-state index is 0.192. The fraction of sp³-hybridized carbons (Fsp3) is 0.367. The molecule has 234 valence electrons. The van der Waals surface area contributed by atoms with Gasteiger partial charge in [-0.3, -0.25) is 14.4 Å². The third-order valence-electron chi connectivity index (χ3n) is 8.02. The van der Waals surface area contributed by atoms with Crippen LogP contribution in [-0.4, -0.2) is 48.6 Å². The van der Waals surface area contributed by atoms with E-state index >= 15 is 0 Å². The van der Waals surface area contributed by atoms with E-state index in [2.05, 4.69) is 10.2 Å². The van der Waals surface area contributed by atoms with Crippen LogP contribution in [0.4, 0.5) is 0 Å². The SMILES string of the molecule is CS(=O)(=O)NC1CCCCC1N1C(=O)c2ccccc2C(C(=O)NOCc2ccc(CO)c[n+]2[O-])C1c1ccc(Cl)cc1Cl. The lowest BCUT2D eigenvalue weighted by Gasteiger charge is -2.49. The van der Waals surface area contributed by atoms with Crippen LogP contribution in [0.1, 0.15) is 70.4 Å². The van der Waals surface area contributed by atoms with Gasteiger partial charge in [0, 0.05) is 39.3 Å². The molecule has 1 saturated carbocycles. The number of hydrogen-bond donors (Lipinski definition) is 3. The molecule has 44 heavy (non-hydrogen) atoms. The molecule has 1 aliphatic heterocycles. The summed E-state index contributed by atoms with van der Waals surface area (Å²) in [7, 11) is -3.62. The quantitative estimate of drug-likeness (QED) is 0.180. The first-order chi connectivity index (χ1) is 21.0. The van der Waals surface area contributed by atoms with E-state index < -0.39 is 40.0 Å². The Morgan fingerprint density at radius 2 is 1.86 bits per heavy atom. The van der Waals surface area contributed by atoms with Gasteiger partial charge in [-0.25, -0.2) is 18.6 Å². The number of amides is 2. The summed E-state index contributed by atoms with van der Waals surface area (Å²) in [5, 5.41) is 22.2. The summed E-state index contributed by atoms with van der Waals surface area (Å²) in [6.45, 7) is -0.570. The van der Waals surface area contributed by atoms with Gasteiger partial charge in [0.05, 0.1) is 24.8 Å². The molecule has 1 fully saturated rings. The topological polar surface area (TPSA) is 152 Å². The Kier molecular flexibility index (Phi) is 9.78. The van der Waals surface area contributed by atoms with E-state index in [4.69, 9.17) is 28.0 Å². The van der Waals surface area contributed by atoms with Crippen molar-refractivity contribution in [3.05, 3.63) is 104 Å². The number of benzene rings is 2. The Hall–Kier alpha value is -3.26. The number of aromatic nitrogens is 1. The second-order valence-electron chi connectivity index (χ2n) is 11.0. The lowest BCUT2D eigenvalue weighted by molar-refractivity contribution is -0.617. The number of aliphatic hydroxyl groups is 1. The van der Waals surface area contributed by atoms with E-state index in [-0.39, 0.29) is 29.8 Å². The number of carbonyl (C=O) groups is 2. The second-order valence-corrected chi connectivity index (χ2v) is 13.6. The van der Waals surface area contributed by atoms with Gasteiger partial charge in [-0.15, -0.1) is 0 Å². The van der Waals surface area contributed by atoms with E-state index in [0.717, 1.165) is 19.1 Å². The first-order valence-corrected chi connectivity index (χ1v) is 16.7. The first kappa shape index (κ1) is 32.1. The third-order valence-corrected chi connectivity index (χ3v) is 9.32. The number of aliphatic hydroxyl groups excluding tert-OH is 1. The molecule has 1 aliphatic carbocycles. The number of pyridine rings is 1. The first-order valence-electron chi connectivity index (χ1n) is 14.1. The maximum Gasteiger partial charge on any atom is 0.255 e. The zero-order chi connectivity index (χ0) is 31.6. The fourth-order valence-corrected chi connectivity index (χ4v) is 7.48. The highest BCUT2D eigenvalue weighted by Gasteiger charge is 2.49. The molecule has 0 radical (unpaired) electrons. The van der Waals surface area contributed by atoms with Crippen LogP contribution in [0.3, 0.4) is 0 Å². The van der Waals surface area contributed by atoms with Gasteiger partial charge in [-0.2, -0.15) is 4.73 Å². The number of nitrogens with zero attached hydrogens (tertiary/aromatic N) is 2. The normalized spacial score (nSPS) is 22.0. The molecular formula is C30H32Cl2N4O7S. The molecule has 4 atom stereocenters. The predicted molar refractivity (Wildman–Crippen MR) is 163 cm³/mol. The van der Waals surface area contributed by atoms with Crippen molar-refractivity contribution in [2.45, 2.75) is 62.9 Å². The number of rotatable bonds is 9. The van der Waals surface area contributed by atoms with Gasteiger partial charge >= 0.3 is 0 Å². The molecule has 0 spiro atoms. The van der Waals surface area contributed by atoms with E-state index in [9.17, 15) is 28.3 Å². The Labute approximate surface area is 265 Å². The van der Waals surface area contributed by atoms with Crippen molar-refractivity contribution in [1.29, 1.82) is 0 Å². The van der Waals surface area contributed by atoms with E-state index in [0.29, 0.717) is 44.8 Å². The molecule has 11 nitrogen and oxygen atoms in total. The van der Waals surface area contributed by atoms with Gasteiger partial charge in [0.15, 0.2) is 12.8 Å². The molecule has 4 unspecified atom stereocenters. The maximum absolute atomic E-state index is 14.3. The van der Waals surface area contributed by atoms with Crippen LogP contribution >= 0.6 is 23.2 Å². The van der Waals surface area contributed by atoms with Crippen molar-refractivity contribution in [1.82, 2.24) is 15.1 Å². The number of fused-ring (bicyclic) bond motifs is 1. The van der Waals surface area contributed by atoms with Crippen LogP contribution in [-0.2, 0) is 32.9 Å². The molecule has 0 saturated heterocycles. The van der Waals surface area contributed by atoms with Crippen LogP contribution in [0.15, 0.2) is 60.8 Å². The summed E-state index contributed by atoms with van der Waals surface area (Å²) >= 11 is 13.0. The highest BCUT2D eigenvalue weighted by molar-refractivity contribution is 7.88. The number of carbonyl (C=O) groups excluding carboxylic acids is 2. The molecule has 3 N–H and O–H groups in total. The summed E-state index contributed by atoms with van der Waals surface area (Å²) in [5.74, 6) is -1.98. The Balaban J connectivity index is 1.56. The van der Waals surface area contributed by atoms with Crippen LogP contribution < -0.4 is 14.9 Å². The molecule has 0 bridgehead atoms. The average Bonchev–Trinajstić information content (AvgIpc) is 2.97. The number of hydroxylamine groups is 1. The molecule has 14 heteroatoms. The minimum atomic E-state index is -3.62. The van der Waals surface area contributed by atoms with Crippen LogP contribution in [0, 0.1) is 5.21 Å². The molecule has 2 aromatic carbocycles. The average molecular weight is 664 g/mol. The number of nitrogens with one attached hydrogen (secondary N) is 2. The molecule has 2 aliphatic rings. The third kappa shape index (κ3) is 6.85.